The highest BCUT2D eigenvalue weighted by Crippen LogP contribution is 2.23. The summed E-state index contributed by atoms with van der Waals surface area (Å²) >= 11 is 3.44. The Kier molecular flexibility index (Phi) is 3.75. The molecule has 0 aliphatic rings. The monoisotopic (exact) mass is 342 g/mol. The van der Waals surface area contributed by atoms with E-state index in [1.54, 1.807) is 0 Å². The molecule has 1 aromatic heterocycles. The lowest BCUT2D eigenvalue weighted by Gasteiger charge is -2.20. The number of rotatable bonds is 3. The number of halogens is 1. The Labute approximate surface area is 131 Å². The predicted molar refractivity (Wildman–Crippen MR) is 90.2 cm³/mol. The van der Waals surface area contributed by atoms with Crippen molar-refractivity contribution in [2.75, 3.05) is 17.7 Å². The molecular weight excluding hydrogens is 328 g/mol. The van der Waals surface area contributed by atoms with Crippen molar-refractivity contribution in [3.8, 4) is 0 Å². The molecule has 3 rings (SSSR count). The molecule has 21 heavy (non-hydrogen) atoms. The summed E-state index contributed by atoms with van der Waals surface area (Å²) in [4.78, 5) is 11.0. The maximum Gasteiger partial charge on any atom is 0.172 e. The molecule has 0 amide bonds. The van der Waals surface area contributed by atoms with Gasteiger partial charge in [0, 0.05) is 18.1 Å². The molecule has 1 heterocycles. The van der Waals surface area contributed by atoms with Crippen molar-refractivity contribution in [3.63, 3.8) is 0 Å². The van der Waals surface area contributed by atoms with Gasteiger partial charge in [-0.25, -0.2) is 9.97 Å². The Bertz CT molecular complexity index is 771. The van der Waals surface area contributed by atoms with Crippen LogP contribution in [-0.4, -0.2) is 17.0 Å². The summed E-state index contributed by atoms with van der Waals surface area (Å²) in [7, 11) is 1.97. The van der Waals surface area contributed by atoms with Crippen molar-refractivity contribution < 1.29 is 0 Å². The third-order valence-corrected chi connectivity index (χ3v) is 3.80. The average Bonchev–Trinajstić information content (AvgIpc) is 2.49. The third-order valence-electron chi connectivity index (χ3n) is 3.27. The van der Waals surface area contributed by atoms with Crippen LogP contribution in [0.15, 0.2) is 53.0 Å². The van der Waals surface area contributed by atoms with Crippen LogP contribution in [-0.2, 0) is 6.54 Å². The van der Waals surface area contributed by atoms with E-state index < -0.39 is 0 Å². The van der Waals surface area contributed by atoms with Crippen LogP contribution in [0.25, 0.3) is 11.0 Å². The first-order chi connectivity index (χ1) is 10.1. The summed E-state index contributed by atoms with van der Waals surface area (Å²) in [5.74, 6) is 1.16. The summed E-state index contributed by atoms with van der Waals surface area (Å²) in [6.07, 6.45) is 0. The molecule has 3 aromatic rings. The lowest BCUT2D eigenvalue weighted by Crippen LogP contribution is -2.19. The third kappa shape index (κ3) is 2.97. The molecule has 5 heteroatoms. The lowest BCUT2D eigenvalue weighted by atomic mass is 10.2. The van der Waals surface area contributed by atoms with Gasteiger partial charge in [-0.05, 0) is 29.8 Å². The number of para-hydroxylation sites is 2. The van der Waals surface area contributed by atoms with Crippen LogP contribution in [0.3, 0.4) is 0 Å². The summed E-state index contributed by atoms with van der Waals surface area (Å²) in [5.41, 5.74) is 8.90. The molecule has 106 valence electrons. The molecule has 0 aliphatic carbocycles. The van der Waals surface area contributed by atoms with Crippen LogP contribution in [0, 0.1) is 0 Å². The highest BCUT2D eigenvalue weighted by Gasteiger charge is 2.11. The standard InChI is InChI=1S/C16H15BrN4/c1-21(10-11-6-8-12(17)9-7-11)16-15(18)19-13-4-2-3-5-14(13)20-16/h2-9H,10H2,1H3,(H2,18,19). The zero-order valence-electron chi connectivity index (χ0n) is 11.6. The molecule has 0 fully saturated rings. The zero-order valence-corrected chi connectivity index (χ0v) is 13.2. The fourth-order valence-electron chi connectivity index (χ4n) is 2.22. The molecule has 2 aromatic carbocycles. The summed E-state index contributed by atoms with van der Waals surface area (Å²) in [6.45, 7) is 0.727. The van der Waals surface area contributed by atoms with Gasteiger partial charge < -0.3 is 10.6 Å². The number of aromatic nitrogens is 2. The SMILES string of the molecule is CN(Cc1ccc(Br)cc1)c1nc2ccccc2nc1N. The lowest BCUT2D eigenvalue weighted by molar-refractivity contribution is 0.900. The number of anilines is 2. The molecule has 0 atom stereocenters. The van der Waals surface area contributed by atoms with E-state index in [2.05, 4.69) is 38.0 Å². The van der Waals surface area contributed by atoms with Gasteiger partial charge in [0.15, 0.2) is 11.6 Å². The second-order valence-corrected chi connectivity index (χ2v) is 5.82. The molecule has 0 unspecified atom stereocenters. The topological polar surface area (TPSA) is 55.0 Å². The first-order valence-corrected chi connectivity index (χ1v) is 7.40. The van der Waals surface area contributed by atoms with E-state index in [0.717, 1.165) is 22.1 Å². The summed E-state index contributed by atoms with van der Waals surface area (Å²) < 4.78 is 1.07. The molecule has 0 spiro atoms. The minimum atomic E-state index is 0.452. The zero-order chi connectivity index (χ0) is 14.8. The van der Waals surface area contributed by atoms with Crippen LogP contribution in [0.1, 0.15) is 5.56 Å². The second-order valence-electron chi connectivity index (χ2n) is 4.90. The minimum absolute atomic E-state index is 0.452. The molecule has 0 aliphatic heterocycles. The average molecular weight is 343 g/mol. The van der Waals surface area contributed by atoms with Gasteiger partial charge in [-0.15, -0.1) is 0 Å². The maximum absolute atomic E-state index is 6.04. The van der Waals surface area contributed by atoms with Crippen LogP contribution >= 0.6 is 15.9 Å². The van der Waals surface area contributed by atoms with E-state index in [4.69, 9.17) is 5.73 Å². The first-order valence-electron chi connectivity index (χ1n) is 6.61. The van der Waals surface area contributed by atoms with Gasteiger partial charge in [0.05, 0.1) is 11.0 Å². The van der Waals surface area contributed by atoms with Crippen LogP contribution in [0.5, 0.6) is 0 Å². The summed E-state index contributed by atoms with van der Waals surface area (Å²) in [6, 6.07) is 15.9. The van der Waals surface area contributed by atoms with Gasteiger partial charge in [-0.3, -0.25) is 0 Å². The Morgan fingerprint density at radius 2 is 1.62 bits per heavy atom. The Hall–Kier alpha value is -2.14. The minimum Gasteiger partial charge on any atom is -0.381 e. The Morgan fingerprint density at radius 1 is 1.00 bits per heavy atom. The fraction of sp³-hybridized carbons (Fsp3) is 0.125. The normalized spacial score (nSPS) is 10.8. The highest BCUT2D eigenvalue weighted by atomic mass is 79.9. The maximum atomic E-state index is 6.04. The van der Waals surface area contributed by atoms with Crippen LogP contribution in [0.2, 0.25) is 0 Å². The van der Waals surface area contributed by atoms with Crippen molar-refractivity contribution in [1.82, 2.24) is 9.97 Å². The number of hydrogen-bond acceptors (Lipinski definition) is 4. The molecule has 0 radical (unpaired) electrons. The van der Waals surface area contributed by atoms with Crippen molar-refractivity contribution in [2.45, 2.75) is 6.54 Å². The number of fused-ring (bicyclic) bond motifs is 1. The van der Waals surface area contributed by atoms with Crippen molar-refractivity contribution in [1.29, 1.82) is 0 Å². The number of hydrogen-bond donors (Lipinski definition) is 1. The Morgan fingerprint density at radius 3 is 2.29 bits per heavy atom. The number of nitrogens with two attached hydrogens (primary N) is 1. The van der Waals surface area contributed by atoms with Crippen LogP contribution in [0.4, 0.5) is 11.6 Å². The largest absolute Gasteiger partial charge is 0.381 e. The van der Waals surface area contributed by atoms with E-state index in [1.165, 1.54) is 5.56 Å². The van der Waals surface area contributed by atoms with Gasteiger partial charge in [-0.2, -0.15) is 0 Å². The second kappa shape index (κ2) is 5.69. The van der Waals surface area contributed by atoms with Crippen LogP contribution < -0.4 is 10.6 Å². The number of nitrogens with zero attached hydrogens (tertiary/aromatic N) is 3. The molecule has 0 bridgehead atoms. The van der Waals surface area contributed by atoms with Crippen molar-refractivity contribution in [3.05, 3.63) is 58.6 Å². The van der Waals surface area contributed by atoms with E-state index >= 15 is 0 Å². The van der Waals surface area contributed by atoms with E-state index in [-0.39, 0.29) is 0 Å². The molecule has 0 saturated carbocycles. The molecular formula is C16H15BrN4. The smallest absolute Gasteiger partial charge is 0.172 e. The van der Waals surface area contributed by atoms with E-state index in [0.29, 0.717) is 11.6 Å². The quantitative estimate of drug-likeness (QED) is 0.789. The van der Waals surface area contributed by atoms with Gasteiger partial charge in [0.25, 0.3) is 0 Å². The predicted octanol–water partition coefficient (Wildman–Crippen LogP) is 3.61. The van der Waals surface area contributed by atoms with E-state index in [9.17, 15) is 0 Å². The number of nitrogen functional groups attached to an aromatic ring is 1. The molecule has 4 nitrogen and oxygen atoms in total. The van der Waals surface area contributed by atoms with Crippen molar-refractivity contribution >= 4 is 38.6 Å². The molecule has 0 saturated heterocycles. The van der Waals surface area contributed by atoms with E-state index in [1.807, 2.05) is 48.3 Å². The Balaban J connectivity index is 1.91. The van der Waals surface area contributed by atoms with Crippen molar-refractivity contribution in [2.24, 2.45) is 0 Å². The first kappa shape index (κ1) is 13.8. The number of benzene rings is 2. The molecule has 2 N–H and O–H groups in total. The van der Waals surface area contributed by atoms with Gasteiger partial charge in [0.1, 0.15) is 0 Å². The summed E-state index contributed by atoms with van der Waals surface area (Å²) in [5, 5.41) is 0. The van der Waals surface area contributed by atoms with Gasteiger partial charge >= 0.3 is 0 Å². The van der Waals surface area contributed by atoms with Gasteiger partial charge in [0.2, 0.25) is 0 Å². The van der Waals surface area contributed by atoms with Gasteiger partial charge in [-0.1, -0.05) is 40.2 Å². The fourth-order valence-corrected chi connectivity index (χ4v) is 2.49. The highest BCUT2D eigenvalue weighted by molar-refractivity contribution is 9.10.